The summed E-state index contributed by atoms with van der Waals surface area (Å²) in [6.07, 6.45) is 4.93. The van der Waals surface area contributed by atoms with Gasteiger partial charge in [0, 0.05) is 30.4 Å². The van der Waals surface area contributed by atoms with Gasteiger partial charge < -0.3 is 15.4 Å². The van der Waals surface area contributed by atoms with Gasteiger partial charge in [0.1, 0.15) is 5.00 Å². The molecule has 1 aromatic carbocycles. The monoisotopic (exact) mass is 544 g/mol. The number of aryl methyl sites for hydroxylation is 2. The van der Waals surface area contributed by atoms with Gasteiger partial charge in [0.25, 0.3) is 11.8 Å². The summed E-state index contributed by atoms with van der Waals surface area (Å²) in [4.78, 5) is 36.1. The van der Waals surface area contributed by atoms with Crippen molar-refractivity contribution in [2.24, 2.45) is 0 Å². The molecule has 2 aromatic heterocycles. The maximum absolute atomic E-state index is 13.2. The lowest BCUT2D eigenvalue weighted by atomic mass is 10.1. The molecule has 0 saturated heterocycles. The number of benzene rings is 1. The van der Waals surface area contributed by atoms with Crippen molar-refractivity contribution in [3.8, 4) is 0 Å². The minimum Gasteiger partial charge on any atom is -0.382 e. The number of nitrogens with zero attached hydrogens (tertiary/aromatic N) is 2. The van der Waals surface area contributed by atoms with Crippen molar-refractivity contribution >= 4 is 51.5 Å². The number of carbonyl (C=O) groups is 2. The number of amides is 2. The molecule has 2 heterocycles. The highest BCUT2D eigenvalue weighted by molar-refractivity contribution is 7.98. The van der Waals surface area contributed by atoms with E-state index in [4.69, 9.17) is 16.3 Å². The summed E-state index contributed by atoms with van der Waals surface area (Å²) in [5, 5.41) is 7.04. The van der Waals surface area contributed by atoms with Crippen LogP contribution in [0.3, 0.4) is 0 Å². The molecule has 0 unspecified atom stereocenters. The molecule has 1 aliphatic carbocycles. The minimum atomic E-state index is -0.453. The van der Waals surface area contributed by atoms with Gasteiger partial charge in [-0.25, -0.2) is 9.97 Å². The average Bonchev–Trinajstić information content (AvgIpc) is 3.45. The second-order valence-corrected chi connectivity index (χ2v) is 10.8. The van der Waals surface area contributed by atoms with Crippen LogP contribution < -0.4 is 10.6 Å². The van der Waals surface area contributed by atoms with Crippen LogP contribution in [0.4, 0.5) is 5.00 Å². The van der Waals surface area contributed by atoms with Gasteiger partial charge in [-0.3, -0.25) is 9.59 Å². The van der Waals surface area contributed by atoms with E-state index in [1.165, 1.54) is 40.4 Å². The first kappa shape index (κ1) is 26.6. The van der Waals surface area contributed by atoms with Gasteiger partial charge in [-0.2, -0.15) is 0 Å². The molecule has 10 heteroatoms. The van der Waals surface area contributed by atoms with Crippen LogP contribution in [0.1, 0.15) is 62.2 Å². The third-order valence-electron chi connectivity index (χ3n) is 5.89. The van der Waals surface area contributed by atoms with Crippen molar-refractivity contribution < 1.29 is 14.3 Å². The SMILES string of the molecule is CCOCCCNC(=O)c1c(NC(=O)c2nc(SCc3ccccc3C)ncc2Cl)sc2c1CCC2. The first-order chi connectivity index (χ1) is 17.5. The normalized spacial score (nSPS) is 12.4. The van der Waals surface area contributed by atoms with Crippen molar-refractivity contribution in [3.05, 3.63) is 68.3 Å². The number of rotatable bonds is 11. The summed E-state index contributed by atoms with van der Waals surface area (Å²) in [6.45, 7) is 5.76. The number of hydrogen-bond acceptors (Lipinski definition) is 7. The van der Waals surface area contributed by atoms with Crippen molar-refractivity contribution in [1.82, 2.24) is 15.3 Å². The zero-order chi connectivity index (χ0) is 25.5. The maximum Gasteiger partial charge on any atom is 0.276 e. The van der Waals surface area contributed by atoms with Crippen LogP contribution in [-0.4, -0.2) is 41.5 Å². The Balaban J connectivity index is 1.48. The van der Waals surface area contributed by atoms with E-state index in [2.05, 4.69) is 39.7 Å². The number of ether oxygens (including phenoxy) is 1. The molecule has 1 aliphatic rings. The Bertz CT molecular complexity index is 1250. The summed E-state index contributed by atoms with van der Waals surface area (Å²) < 4.78 is 5.34. The van der Waals surface area contributed by atoms with Crippen molar-refractivity contribution in [3.63, 3.8) is 0 Å². The molecule has 4 rings (SSSR count). The topological polar surface area (TPSA) is 93.2 Å². The molecule has 0 atom stereocenters. The Kier molecular flexibility index (Phi) is 9.36. The van der Waals surface area contributed by atoms with Gasteiger partial charge in [0.15, 0.2) is 10.9 Å². The smallest absolute Gasteiger partial charge is 0.276 e. The molecule has 0 spiro atoms. The van der Waals surface area contributed by atoms with Crippen molar-refractivity contribution in [2.45, 2.75) is 50.4 Å². The highest BCUT2D eigenvalue weighted by Crippen LogP contribution is 2.39. The molecule has 3 aromatic rings. The Morgan fingerprint density at radius 1 is 1.22 bits per heavy atom. The molecule has 2 N–H and O–H groups in total. The highest BCUT2D eigenvalue weighted by atomic mass is 35.5. The third kappa shape index (κ3) is 6.45. The Morgan fingerprint density at radius 2 is 2.06 bits per heavy atom. The van der Waals surface area contributed by atoms with Crippen LogP contribution >= 0.6 is 34.7 Å². The molecule has 0 bridgehead atoms. The number of fused-ring (bicyclic) bond motifs is 1. The fraction of sp³-hybridized carbons (Fsp3) is 0.385. The van der Waals surface area contributed by atoms with Gasteiger partial charge in [-0.05, 0) is 56.2 Å². The quantitative estimate of drug-likeness (QED) is 0.183. The van der Waals surface area contributed by atoms with Crippen LogP contribution in [0.2, 0.25) is 5.02 Å². The van der Waals surface area contributed by atoms with Gasteiger partial charge in [-0.15, -0.1) is 11.3 Å². The Labute approximate surface area is 224 Å². The van der Waals surface area contributed by atoms with E-state index in [1.807, 2.05) is 19.1 Å². The number of thioether (sulfide) groups is 1. The number of carbonyl (C=O) groups excluding carboxylic acids is 2. The first-order valence-electron chi connectivity index (χ1n) is 12.0. The number of halogens is 1. The molecule has 2 amide bonds. The molecule has 190 valence electrons. The fourth-order valence-corrected chi connectivity index (χ4v) is 6.35. The molecule has 0 aliphatic heterocycles. The van der Waals surface area contributed by atoms with Gasteiger partial charge >= 0.3 is 0 Å². The lowest BCUT2D eigenvalue weighted by molar-refractivity contribution is 0.0944. The third-order valence-corrected chi connectivity index (χ3v) is 8.28. The van der Waals surface area contributed by atoms with Crippen LogP contribution in [0.5, 0.6) is 0 Å². The number of nitrogens with one attached hydrogen (secondary N) is 2. The molecule has 0 saturated carbocycles. The number of anilines is 1. The zero-order valence-corrected chi connectivity index (χ0v) is 22.7. The van der Waals surface area contributed by atoms with E-state index >= 15 is 0 Å². The number of thiophene rings is 1. The first-order valence-corrected chi connectivity index (χ1v) is 14.2. The summed E-state index contributed by atoms with van der Waals surface area (Å²) in [5.74, 6) is 0.0515. The molecular weight excluding hydrogens is 516 g/mol. The van der Waals surface area contributed by atoms with E-state index in [-0.39, 0.29) is 16.6 Å². The lowest BCUT2D eigenvalue weighted by Crippen LogP contribution is -2.27. The van der Waals surface area contributed by atoms with Crippen LogP contribution in [0, 0.1) is 6.92 Å². The second kappa shape index (κ2) is 12.7. The van der Waals surface area contributed by atoms with Gasteiger partial charge in [0.2, 0.25) is 0 Å². The largest absolute Gasteiger partial charge is 0.382 e. The van der Waals surface area contributed by atoms with E-state index in [9.17, 15) is 9.59 Å². The zero-order valence-electron chi connectivity index (χ0n) is 20.4. The van der Waals surface area contributed by atoms with E-state index in [0.29, 0.717) is 41.2 Å². The van der Waals surface area contributed by atoms with Crippen LogP contribution in [0.25, 0.3) is 0 Å². The summed E-state index contributed by atoms with van der Waals surface area (Å²) in [5.41, 5.74) is 4.04. The van der Waals surface area contributed by atoms with Crippen molar-refractivity contribution in [1.29, 1.82) is 0 Å². The van der Waals surface area contributed by atoms with Gasteiger partial charge in [-0.1, -0.05) is 47.6 Å². The van der Waals surface area contributed by atoms with E-state index in [1.54, 1.807) is 0 Å². The second-order valence-electron chi connectivity index (χ2n) is 8.39. The minimum absolute atomic E-state index is 0.0931. The predicted octanol–water partition coefficient (Wildman–Crippen LogP) is 5.69. The molecule has 0 radical (unpaired) electrons. The van der Waals surface area contributed by atoms with Crippen molar-refractivity contribution in [2.75, 3.05) is 25.1 Å². The molecular formula is C26H29ClN4O3S2. The molecule has 36 heavy (non-hydrogen) atoms. The Morgan fingerprint density at radius 3 is 2.86 bits per heavy atom. The molecule has 0 fully saturated rings. The number of aromatic nitrogens is 2. The van der Waals surface area contributed by atoms with E-state index < -0.39 is 5.91 Å². The predicted molar refractivity (Wildman–Crippen MR) is 146 cm³/mol. The lowest BCUT2D eigenvalue weighted by Gasteiger charge is -2.10. The van der Waals surface area contributed by atoms with Gasteiger partial charge in [0.05, 0.1) is 16.8 Å². The standard InChI is InChI=1S/C26H29ClN4O3S2/c1-3-34-13-7-12-28-23(32)21-18-10-6-11-20(18)36-25(21)31-24(33)22-19(27)14-29-26(30-22)35-15-17-9-5-4-8-16(17)2/h4-5,8-9,14H,3,6-7,10-13,15H2,1-2H3,(H,28,32)(H,31,33). The fourth-order valence-electron chi connectivity index (χ4n) is 4.00. The highest BCUT2D eigenvalue weighted by Gasteiger charge is 2.28. The summed E-state index contributed by atoms with van der Waals surface area (Å²) >= 11 is 9.21. The summed E-state index contributed by atoms with van der Waals surface area (Å²) in [6, 6.07) is 8.12. The Hall–Kier alpha value is -2.46. The average molecular weight is 545 g/mol. The van der Waals surface area contributed by atoms with E-state index in [0.717, 1.165) is 36.1 Å². The summed E-state index contributed by atoms with van der Waals surface area (Å²) in [7, 11) is 0. The van der Waals surface area contributed by atoms with Crippen LogP contribution in [0.15, 0.2) is 35.6 Å². The molecule has 7 nitrogen and oxygen atoms in total. The maximum atomic E-state index is 13.2. The van der Waals surface area contributed by atoms with Crippen LogP contribution in [-0.2, 0) is 23.3 Å². The number of hydrogen-bond donors (Lipinski definition) is 2.